The highest BCUT2D eigenvalue weighted by Crippen LogP contribution is 2.29. The van der Waals surface area contributed by atoms with Gasteiger partial charge in [-0.25, -0.2) is 9.59 Å². The standard InChI is InChI=1S/C10H9ClN4O4S/c11-4-1-2-5-8(15-20-14-5)7(4)13-10(19)12-3-6(16)9(17)18/h1-2,6,16H,3H2,(H,17,18)(H2,12,13,19)/t6-/m0/s1. The summed E-state index contributed by atoms with van der Waals surface area (Å²) in [5.74, 6) is -1.42. The van der Waals surface area contributed by atoms with E-state index in [9.17, 15) is 9.59 Å². The van der Waals surface area contributed by atoms with Gasteiger partial charge in [0.25, 0.3) is 0 Å². The molecule has 0 unspecified atom stereocenters. The number of benzene rings is 1. The Morgan fingerprint density at radius 2 is 2.15 bits per heavy atom. The van der Waals surface area contributed by atoms with Gasteiger partial charge in [-0.2, -0.15) is 8.75 Å². The molecule has 0 radical (unpaired) electrons. The minimum Gasteiger partial charge on any atom is -0.479 e. The van der Waals surface area contributed by atoms with Crippen LogP contribution in [0.15, 0.2) is 12.1 Å². The zero-order valence-corrected chi connectivity index (χ0v) is 11.4. The Morgan fingerprint density at radius 1 is 1.40 bits per heavy atom. The molecule has 1 atom stereocenters. The molecule has 2 amide bonds. The first-order chi connectivity index (χ1) is 9.49. The van der Waals surface area contributed by atoms with Gasteiger partial charge in [0.15, 0.2) is 6.10 Å². The van der Waals surface area contributed by atoms with Crippen molar-refractivity contribution >= 4 is 52.1 Å². The van der Waals surface area contributed by atoms with Crippen LogP contribution in [0.5, 0.6) is 0 Å². The molecule has 1 heterocycles. The number of aromatic nitrogens is 2. The van der Waals surface area contributed by atoms with Crippen molar-refractivity contribution in [3.63, 3.8) is 0 Å². The van der Waals surface area contributed by atoms with Crippen LogP contribution in [0.1, 0.15) is 0 Å². The molecule has 20 heavy (non-hydrogen) atoms. The second kappa shape index (κ2) is 5.99. The van der Waals surface area contributed by atoms with Crippen molar-refractivity contribution in [2.75, 3.05) is 11.9 Å². The maximum Gasteiger partial charge on any atom is 0.334 e. The lowest BCUT2D eigenvalue weighted by Gasteiger charge is -2.10. The first-order valence-electron chi connectivity index (χ1n) is 5.35. The number of nitrogens with zero attached hydrogens (tertiary/aromatic N) is 2. The number of carbonyl (C=O) groups excluding carboxylic acids is 1. The molecule has 0 aliphatic carbocycles. The number of fused-ring (bicyclic) bond motifs is 1. The molecule has 1 aromatic carbocycles. The van der Waals surface area contributed by atoms with Gasteiger partial charge in [-0.05, 0) is 12.1 Å². The summed E-state index contributed by atoms with van der Waals surface area (Å²) < 4.78 is 8.02. The quantitative estimate of drug-likeness (QED) is 0.664. The Balaban J connectivity index is 2.08. The summed E-state index contributed by atoms with van der Waals surface area (Å²) in [6.07, 6.45) is -1.67. The summed E-state index contributed by atoms with van der Waals surface area (Å²) in [5.41, 5.74) is 1.30. The molecule has 8 nitrogen and oxygen atoms in total. The highest BCUT2D eigenvalue weighted by atomic mass is 35.5. The Labute approximate surface area is 121 Å². The minimum atomic E-state index is -1.67. The molecule has 106 valence electrons. The lowest BCUT2D eigenvalue weighted by Crippen LogP contribution is -2.38. The third-order valence-corrected chi connectivity index (χ3v) is 3.21. The van der Waals surface area contributed by atoms with Gasteiger partial charge in [0.05, 0.1) is 29.0 Å². The first-order valence-corrected chi connectivity index (χ1v) is 6.46. The molecule has 0 aliphatic rings. The van der Waals surface area contributed by atoms with E-state index in [-0.39, 0.29) is 10.7 Å². The number of rotatable bonds is 4. The molecule has 10 heteroatoms. The van der Waals surface area contributed by atoms with E-state index < -0.39 is 24.6 Å². The van der Waals surface area contributed by atoms with E-state index in [1.807, 2.05) is 0 Å². The van der Waals surface area contributed by atoms with Gasteiger partial charge in [-0.3, -0.25) is 0 Å². The molecular formula is C10H9ClN4O4S. The fourth-order valence-corrected chi connectivity index (χ4v) is 2.12. The van der Waals surface area contributed by atoms with Crippen LogP contribution in [0.3, 0.4) is 0 Å². The number of aliphatic hydroxyl groups is 1. The summed E-state index contributed by atoms with van der Waals surface area (Å²) >= 11 is 6.95. The number of hydrogen-bond acceptors (Lipinski definition) is 6. The average Bonchev–Trinajstić information content (AvgIpc) is 2.87. The molecule has 1 aromatic heterocycles. The topological polar surface area (TPSA) is 124 Å². The van der Waals surface area contributed by atoms with Gasteiger partial charge in [0.1, 0.15) is 11.0 Å². The number of halogens is 1. The number of anilines is 1. The summed E-state index contributed by atoms with van der Waals surface area (Å²) in [5, 5.41) is 22.5. The second-order valence-electron chi connectivity index (χ2n) is 3.74. The summed E-state index contributed by atoms with van der Waals surface area (Å²) in [6, 6.07) is 2.53. The van der Waals surface area contributed by atoms with Crippen LogP contribution in [-0.4, -0.2) is 43.6 Å². The number of aliphatic hydroxyl groups excluding tert-OH is 1. The van der Waals surface area contributed by atoms with E-state index in [2.05, 4.69) is 19.4 Å². The van der Waals surface area contributed by atoms with Gasteiger partial charge in [-0.15, -0.1) is 0 Å². The van der Waals surface area contributed by atoms with Crippen LogP contribution >= 0.6 is 23.3 Å². The number of carboxylic acids is 1. The average molecular weight is 317 g/mol. The largest absolute Gasteiger partial charge is 0.479 e. The second-order valence-corrected chi connectivity index (χ2v) is 4.68. The van der Waals surface area contributed by atoms with Crippen LogP contribution in [0.2, 0.25) is 5.02 Å². The van der Waals surface area contributed by atoms with E-state index >= 15 is 0 Å². The molecule has 0 saturated heterocycles. The van der Waals surface area contributed by atoms with Crippen LogP contribution < -0.4 is 10.6 Å². The van der Waals surface area contributed by atoms with Crippen LogP contribution in [0.4, 0.5) is 10.5 Å². The third kappa shape index (κ3) is 3.13. The molecule has 0 fully saturated rings. The minimum absolute atomic E-state index is 0.277. The SMILES string of the molecule is O=C(NC[C@H](O)C(=O)O)Nc1c(Cl)ccc2nsnc12. The zero-order valence-electron chi connectivity index (χ0n) is 9.83. The van der Waals surface area contributed by atoms with Crippen molar-refractivity contribution in [1.82, 2.24) is 14.1 Å². The molecule has 0 saturated carbocycles. The smallest absolute Gasteiger partial charge is 0.334 e. The van der Waals surface area contributed by atoms with Crippen molar-refractivity contribution in [2.24, 2.45) is 0 Å². The molecule has 2 rings (SSSR count). The van der Waals surface area contributed by atoms with Crippen molar-refractivity contribution in [1.29, 1.82) is 0 Å². The molecule has 4 N–H and O–H groups in total. The van der Waals surface area contributed by atoms with Crippen LogP contribution in [0, 0.1) is 0 Å². The van der Waals surface area contributed by atoms with Crippen molar-refractivity contribution < 1.29 is 19.8 Å². The Hall–Kier alpha value is -1.97. The van der Waals surface area contributed by atoms with E-state index in [0.29, 0.717) is 11.0 Å². The number of hydrogen-bond donors (Lipinski definition) is 4. The maximum absolute atomic E-state index is 11.6. The van der Waals surface area contributed by atoms with Crippen LogP contribution in [-0.2, 0) is 4.79 Å². The Bertz CT molecular complexity index is 662. The molecule has 0 aliphatic heterocycles. The van der Waals surface area contributed by atoms with Gasteiger partial charge in [0.2, 0.25) is 0 Å². The Kier molecular flexibility index (Phi) is 4.32. The highest BCUT2D eigenvalue weighted by Gasteiger charge is 2.16. The van der Waals surface area contributed by atoms with E-state index in [1.165, 1.54) is 0 Å². The normalized spacial score (nSPS) is 12.1. The van der Waals surface area contributed by atoms with E-state index in [0.717, 1.165) is 11.7 Å². The number of aliphatic carboxylic acids is 1. The van der Waals surface area contributed by atoms with Gasteiger partial charge in [-0.1, -0.05) is 11.6 Å². The number of nitrogens with one attached hydrogen (secondary N) is 2. The number of amides is 2. The fourth-order valence-electron chi connectivity index (χ4n) is 1.38. The molecule has 0 bridgehead atoms. The number of carboxylic acid groups (broad SMARTS) is 1. The first kappa shape index (κ1) is 14.4. The van der Waals surface area contributed by atoms with Gasteiger partial charge in [0, 0.05) is 0 Å². The van der Waals surface area contributed by atoms with Crippen molar-refractivity contribution in [2.45, 2.75) is 6.10 Å². The van der Waals surface area contributed by atoms with Gasteiger partial charge >= 0.3 is 12.0 Å². The number of carbonyl (C=O) groups is 2. The maximum atomic E-state index is 11.6. The lowest BCUT2D eigenvalue weighted by atomic mass is 10.2. The predicted octanol–water partition coefficient (Wildman–Crippen LogP) is 0.912. The Morgan fingerprint density at radius 3 is 2.85 bits per heavy atom. The fraction of sp³-hybridized carbons (Fsp3) is 0.200. The monoisotopic (exact) mass is 316 g/mol. The molecule has 0 spiro atoms. The van der Waals surface area contributed by atoms with Crippen LogP contribution in [0.25, 0.3) is 11.0 Å². The summed E-state index contributed by atoms with van der Waals surface area (Å²) in [7, 11) is 0. The van der Waals surface area contributed by atoms with Gasteiger partial charge < -0.3 is 20.8 Å². The van der Waals surface area contributed by atoms with E-state index in [4.69, 9.17) is 21.8 Å². The summed E-state index contributed by atoms with van der Waals surface area (Å²) in [4.78, 5) is 22.0. The highest BCUT2D eigenvalue weighted by molar-refractivity contribution is 7.00. The third-order valence-electron chi connectivity index (χ3n) is 2.36. The van der Waals surface area contributed by atoms with E-state index in [1.54, 1.807) is 12.1 Å². The zero-order chi connectivity index (χ0) is 14.7. The number of urea groups is 1. The summed E-state index contributed by atoms with van der Waals surface area (Å²) in [6.45, 7) is -0.427. The molecule has 2 aromatic rings. The van der Waals surface area contributed by atoms with Crippen molar-refractivity contribution in [3.05, 3.63) is 17.2 Å². The molecular weight excluding hydrogens is 308 g/mol. The predicted molar refractivity (Wildman–Crippen MR) is 73.1 cm³/mol. The lowest BCUT2D eigenvalue weighted by molar-refractivity contribution is -0.146. The van der Waals surface area contributed by atoms with Crippen molar-refractivity contribution in [3.8, 4) is 0 Å².